The molecular weight excluding hydrogens is 324 g/mol. The van der Waals surface area contributed by atoms with Crippen LogP contribution in [-0.2, 0) is 14.3 Å². The molecule has 146 valence electrons. The molecule has 0 N–H and O–H groups in total. The molecule has 1 saturated heterocycles. The number of esters is 1. The number of unbranched alkanes of at least 4 members (excludes halogenated alkanes) is 4. The molecule has 0 aromatic rings. The van der Waals surface area contributed by atoms with Gasteiger partial charge >= 0.3 is 5.97 Å². The van der Waals surface area contributed by atoms with Gasteiger partial charge in [-0.2, -0.15) is 0 Å². The number of allylic oxidation sites excluding steroid dienone is 8. The van der Waals surface area contributed by atoms with Gasteiger partial charge in [-0.05, 0) is 44.9 Å². The lowest BCUT2D eigenvalue weighted by Crippen LogP contribution is -2.09. The van der Waals surface area contributed by atoms with E-state index in [2.05, 4.69) is 55.5 Å². The zero-order chi connectivity index (χ0) is 18.7. The van der Waals surface area contributed by atoms with Gasteiger partial charge in [0.1, 0.15) is 12.7 Å². The summed E-state index contributed by atoms with van der Waals surface area (Å²) in [5.41, 5.74) is 0. The van der Waals surface area contributed by atoms with Crippen molar-refractivity contribution in [1.82, 2.24) is 0 Å². The van der Waals surface area contributed by atoms with Crippen LogP contribution in [0.2, 0.25) is 0 Å². The lowest BCUT2D eigenvalue weighted by atomic mass is 10.2. The molecule has 1 fully saturated rings. The van der Waals surface area contributed by atoms with E-state index < -0.39 is 0 Å². The number of rotatable bonds is 16. The second-order valence-corrected chi connectivity index (χ2v) is 6.62. The molecule has 0 spiro atoms. The molecule has 1 unspecified atom stereocenters. The topological polar surface area (TPSA) is 38.8 Å². The van der Waals surface area contributed by atoms with E-state index in [-0.39, 0.29) is 12.1 Å². The second kappa shape index (κ2) is 16.8. The normalized spacial score (nSPS) is 17.2. The zero-order valence-corrected chi connectivity index (χ0v) is 16.4. The number of carbonyl (C=O) groups is 1. The van der Waals surface area contributed by atoms with E-state index in [9.17, 15) is 4.79 Å². The minimum atomic E-state index is -0.114. The Morgan fingerprint density at radius 2 is 1.42 bits per heavy atom. The van der Waals surface area contributed by atoms with Crippen molar-refractivity contribution in [3.8, 4) is 0 Å². The Bertz CT molecular complexity index is 456. The summed E-state index contributed by atoms with van der Waals surface area (Å²) in [7, 11) is 0. The maximum Gasteiger partial charge on any atom is 0.305 e. The van der Waals surface area contributed by atoms with Gasteiger partial charge in [0.15, 0.2) is 0 Å². The number of epoxide rings is 1. The van der Waals surface area contributed by atoms with E-state index in [1.165, 1.54) is 25.7 Å². The molecule has 0 amide bonds. The summed E-state index contributed by atoms with van der Waals surface area (Å²) in [6.45, 7) is 3.39. The smallest absolute Gasteiger partial charge is 0.305 e. The van der Waals surface area contributed by atoms with Gasteiger partial charge in [-0.1, -0.05) is 68.4 Å². The summed E-state index contributed by atoms with van der Waals surface area (Å²) in [6.07, 6.45) is 28.2. The summed E-state index contributed by atoms with van der Waals surface area (Å²) in [4.78, 5) is 11.4. The Morgan fingerprint density at radius 1 is 0.885 bits per heavy atom. The van der Waals surface area contributed by atoms with E-state index in [0.717, 1.165) is 38.7 Å². The summed E-state index contributed by atoms with van der Waals surface area (Å²) < 4.78 is 10.1. The minimum absolute atomic E-state index is 0.114. The molecule has 0 aromatic heterocycles. The maximum absolute atomic E-state index is 11.4. The van der Waals surface area contributed by atoms with Crippen molar-refractivity contribution in [3.05, 3.63) is 48.6 Å². The Morgan fingerprint density at radius 3 is 1.96 bits per heavy atom. The van der Waals surface area contributed by atoms with E-state index in [4.69, 9.17) is 9.47 Å². The number of hydrogen-bond acceptors (Lipinski definition) is 3. The van der Waals surface area contributed by atoms with Gasteiger partial charge in [0.25, 0.3) is 0 Å². The third-order valence-corrected chi connectivity index (χ3v) is 4.04. The Balaban J connectivity index is 1.86. The molecule has 0 aromatic carbocycles. The molecular formula is C23H36O3. The highest BCUT2D eigenvalue weighted by molar-refractivity contribution is 5.69. The molecule has 1 rings (SSSR count). The quantitative estimate of drug-likeness (QED) is 0.145. The zero-order valence-electron chi connectivity index (χ0n) is 16.4. The number of hydrogen-bond donors (Lipinski definition) is 0. The molecule has 3 heteroatoms. The van der Waals surface area contributed by atoms with Crippen molar-refractivity contribution in [2.24, 2.45) is 0 Å². The van der Waals surface area contributed by atoms with E-state index in [1.807, 2.05) is 0 Å². The largest absolute Gasteiger partial charge is 0.463 e. The van der Waals surface area contributed by atoms with Gasteiger partial charge in [0, 0.05) is 6.42 Å². The third kappa shape index (κ3) is 15.9. The highest BCUT2D eigenvalue weighted by Crippen LogP contribution is 2.09. The molecule has 1 atom stereocenters. The second-order valence-electron chi connectivity index (χ2n) is 6.62. The average Bonchev–Trinajstić information content (AvgIpc) is 3.47. The van der Waals surface area contributed by atoms with Crippen molar-refractivity contribution in [1.29, 1.82) is 0 Å². The van der Waals surface area contributed by atoms with Gasteiger partial charge in [-0.3, -0.25) is 4.79 Å². The molecule has 0 saturated carbocycles. The van der Waals surface area contributed by atoms with Gasteiger partial charge in [0.05, 0.1) is 6.61 Å². The average molecular weight is 361 g/mol. The third-order valence-electron chi connectivity index (χ3n) is 4.04. The van der Waals surface area contributed by atoms with Crippen LogP contribution in [0.15, 0.2) is 48.6 Å². The van der Waals surface area contributed by atoms with Crippen LogP contribution in [0.3, 0.4) is 0 Å². The number of ether oxygens (including phenoxy) is 2. The van der Waals surface area contributed by atoms with Crippen molar-refractivity contribution in [2.75, 3.05) is 13.2 Å². The van der Waals surface area contributed by atoms with Crippen LogP contribution in [0.4, 0.5) is 0 Å². The first kappa shape index (κ1) is 22.4. The molecule has 1 aliphatic heterocycles. The summed E-state index contributed by atoms with van der Waals surface area (Å²) in [6, 6.07) is 0. The van der Waals surface area contributed by atoms with Crippen molar-refractivity contribution >= 4 is 5.97 Å². The molecule has 0 radical (unpaired) electrons. The molecule has 1 aliphatic rings. The van der Waals surface area contributed by atoms with Crippen LogP contribution in [0, 0.1) is 0 Å². The van der Waals surface area contributed by atoms with Crippen LogP contribution in [0.1, 0.15) is 71.1 Å². The first-order valence-corrected chi connectivity index (χ1v) is 10.2. The molecule has 0 bridgehead atoms. The fraction of sp³-hybridized carbons (Fsp3) is 0.609. The van der Waals surface area contributed by atoms with Crippen LogP contribution >= 0.6 is 0 Å². The highest BCUT2D eigenvalue weighted by atomic mass is 16.6. The maximum atomic E-state index is 11.4. The summed E-state index contributed by atoms with van der Waals surface area (Å²) in [5, 5.41) is 0. The summed E-state index contributed by atoms with van der Waals surface area (Å²) in [5.74, 6) is -0.114. The van der Waals surface area contributed by atoms with Crippen LogP contribution in [-0.4, -0.2) is 25.3 Å². The van der Waals surface area contributed by atoms with E-state index in [1.54, 1.807) is 0 Å². The fourth-order valence-corrected chi connectivity index (χ4v) is 2.35. The first-order valence-electron chi connectivity index (χ1n) is 10.2. The van der Waals surface area contributed by atoms with Gasteiger partial charge in [0.2, 0.25) is 0 Å². The van der Waals surface area contributed by atoms with E-state index in [0.29, 0.717) is 13.0 Å². The molecule has 26 heavy (non-hydrogen) atoms. The first-order chi connectivity index (χ1) is 12.8. The Hall–Kier alpha value is -1.61. The molecule has 0 aliphatic carbocycles. The van der Waals surface area contributed by atoms with E-state index >= 15 is 0 Å². The lowest BCUT2D eigenvalue weighted by molar-refractivity contribution is -0.144. The fourth-order valence-electron chi connectivity index (χ4n) is 2.35. The predicted molar refractivity (Wildman–Crippen MR) is 109 cm³/mol. The van der Waals surface area contributed by atoms with Crippen LogP contribution < -0.4 is 0 Å². The van der Waals surface area contributed by atoms with Crippen molar-refractivity contribution in [2.45, 2.75) is 77.2 Å². The minimum Gasteiger partial charge on any atom is -0.463 e. The van der Waals surface area contributed by atoms with Crippen LogP contribution in [0.5, 0.6) is 0 Å². The van der Waals surface area contributed by atoms with Crippen molar-refractivity contribution in [3.63, 3.8) is 0 Å². The Labute approximate surface area is 159 Å². The molecule has 1 heterocycles. The number of carbonyl (C=O) groups excluding carboxylic acids is 1. The van der Waals surface area contributed by atoms with Gasteiger partial charge in [-0.25, -0.2) is 0 Å². The Kier molecular flexibility index (Phi) is 14.5. The summed E-state index contributed by atoms with van der Waals surface area (Å²) >= 11 is 0. The SMILES string of the molecule is CCCCC/C=C\C/C=C/C/C=C\C/C=C\CCCC(=O)OCC1CO1. The standard InChI is InChI=1S/C23H36O3/c1-2-3-4-5-6-7-8-9-10-11-12-13-14-15-16-17-18-19-23(24)26-21-22-20-25-22/h6-7,9-10,12-13,15-16,22H,2-5,8,11,14,17-21H2,1H3/b7-6-,10-9+,13-12-,16-15-. The lowest BCUT2D eigenvalue weighted by Gasteiger charge is -2.00. The predicted octanol–water partition coefficient (Wildman–Crippen LogP) is 6.07. The van der Waals surface area contributed by atoms with Gasteiger partial charge < -0.3 is 9.47 Å². The van der Waals surface area contributed by atoms with Crippen LogP contribution in [0.25, 0.3) is 0 Å². The molecule has 3 nitrogen and oxygen atoms in total. The van der Waals surface area contributed by atoms with Gasteiger partial charge in [-0.15, -0.1) is 0 Å². The monoisotopic (exact) mass is 360 g/mol. The van der Waals surface area contributed by atoms with Crippen molar-refractivity contribution < 1.29 is 14.3 Å². The highest BCUT2D eigenvalue weighted by Gasteiger charge is 2.23.